The minimum absolute atomic E-state index is 0. The third-order valence-electron chi connectivity index (χ3n) is 3.89. The summed E-state index contributed by atoms with van der Waals surface area (Å²) < 4.78 is 1.30. The van der Waals surface area contributed by atoms with Crippen molar-refractivity contribution < 1.29 is 0 Å². The lowest BCUT2D eigenvalue weighted by Gasteiger charge is -2.04. The van der Waals surface area contributed by atoms with Crippen molar-refractivity contribution in [1.29, 1.82) is 0 Å². The number of aromatic nitrogens is 1. The molecular weight excluding hydrogens is 264 g/mol. The lowest BCUT2D eigenvalue weighted by atomic mass is 10.00. The van der Waals surface area contributed by atoms with E-state index in [0.29, 0.717) is 0 Å². The number of thiophene rings is 1. The minimum atomic E-state index is 0. The van der Waals surface area contributed by atoms with Gasteiger partial charge in [0, 0.05) is 17.6 Å². The van der Waals surface area contributed by atoms with E-state index in [4.69, 9.17) is 0 Å². The molecule has 18 heavy (non-hydrogen) atoms. The standard InChI is InChI=1S/C14H14N2S.ClH/c1-2-13-12(16-3-1)6-14(17-13)9-4-10-7-15-8-11(10)5-9;/h1-4,6,10-11,15H,5,7-8H2;1H. The molecule has 2 atom stereocenters. The van der Waals surface area contributed by atoms with Gasteiger partial charge in [-0.05, 0) is 48.6 Å². The van der Waals surface area contributed by atoms with Crippen LogP contribution in [0.5, 0.6) is 0 Å². The molecule has 1 fully saturated rings. The fourth-order valence-corrected chi connectivity index (χ4v) is 4.04. The topological polar surface area (TPSA) is 24.9 Å². The predicted octanol–water partition coefficient (Wildman–Crippen LogP) is 3.34. The first-order valence-corrected chi connectivity index (χ1v) is 6.98. The van der Waals surface area contributed by atoms with E-state index in [1.165, 1.54) is 22.5 Å². The third-order valence-corrected chi connectivity index (χ3v) is 5.06. The highest BCUT2D eigenvalue weighted by Gasteiger charge is 2.32. The van der Waals surface area contributed by atoms with Crippen LogP contribution in [-0.4, -0.2) is 18.1 Å². The van der Waals surface area contributed by atoms with E-state index >= 15 is 0 Å². The maximum atomic E-state index is 4.42. The van der Waals surface area contributed by atoms with E-state index in [1.54, 1.807) is 5.57 Å². The Hall–Kier alpha value is -0.900. The highest BCUT2D eigenvalue weighted by atomic mass is 35.5. The van der Waals surface area contributed by atoms with E-state index in [1.807, 2.05) is 23.6 Å². The van der Waals surface area contributed by atoms with Crippen LogP contribution >= 0.6 is 23.7 Å². The third kappa shape index (κ3) is 1.87. The molecule has 2 aromatic heterocycles. The lowest BCUT2D eigenvalue weighted by molar-refractivity contribution is 0.536. The number of pyridine rings is 1. The average Bonchev–Trinajstić information content (AvgIpc) is 3.01. The number of rotatable bonds is 1. The van der Waals surface area contributed by atoms with E-state index in [2.05, 4.69) is 28.5 Å². The molecule has 2 aromatic rings. The fraction of sp³-hybridized carbons (Fsp3) is 0.357. The summed E-state index contributed by atoms with van der Waals surface area (Å²) in [5.74, 6) is 1.60. The van der Waals surface area contributed by atoms with Gasteiger partial charge >= 0.3 is 0 Å². The van der Waals surface area contributed by atoms with E-state index in [9.17, 15) is 0 Å². The van der Waals surface area contributed by atoms with E-state index in [0.717, 1.165) is 23.9 Å². The summed E-state index contributed by atoms with van der Waals surface area (Å²) in [5.41, 5.74) is 2.69. The van der Waals surface area contributed by atoms with Gasteiger partial charge in [0.25, 0.3) is 0 Å². The quantitative estimate of drug-likeness (QED) is 0.865. The fourth-order valence-electron chi connectivity index (χ4n) is 2.99. The molecule has 0 spiro atoms. The van der Waals surface area contributed by atoms with E-state index < -0.39 is 0 Å². The van der Waals surface area contributed by atoms with Crippen LogP contribution < -0.4 is 5.32 Å². The molecule has 0 amide bonds. The number of halogens is 1. The highest BCUT2D eigenvalue weighted by Crippen LogP contribution is 2.41. The van der Waals surface area contributed by atoms with Gasteiger partial charge in [0.1, 0.15) is 0 Å². The minimum Gasteiger partial charge on any atom is -0.316 e. The van der Waals surface area contributed by atoms with Crippen molar-refractivity contribution in [3.05, 3.63) is 35.3 Å². The molecule has 2 aliphatic rings. The molecule has 0 aromatic carbocycles. The maximum absolute atomic E-state index is 4.42. The molecule has 3 heterocycles. The normalized spacial score (nSPS) is 25.9. The molecule has 0 bridgehead atoms. The van der Waals surface area contributed by atoms with Crippen molar-refractivity contribution in [3.63, 3.8) is 0 Å². The molecular formula is C14H15ClN2S. The molecule has 4 heteroatoms. The summed E-state index contributed by atoms with van der Waals surface area (Å²) in [6, 6.07) is 6.43. The molecule has 0 saturated carbocycles. The molecule has 2 unspecified atom stereocenters. The second-order valence-corrected chi connectivity index (χ2v) is 6.06. The van der Waals surface area contributed by atoms with Crippen molar-refractivity contribution in [2.24, 2.45) is 11.8 Å². The van der Waals surface area contributed by atoms with Crippen LogP contribution in [0, 0.1) is 11.8 Å². The zero-order valence-electron chi connectivity index (χ0n) is 9.93. The SMILES string of the molecule is C1=C(c2cc3ncccc3s2)CC2CNCC12.Cl. The van der Waals surface area contributed by atoms with Gasteiger partial charge in [-0.2, -0.15) is 0 Å². The van der Waals surface area contributed by atoms with Crippen molar-refractivity contribution in [1.82, 2.24) is 10.3 Å². The van der Waals surface area contributed by atoms with Crippen LogP contribution in [0.4, 0.5) is 0 Å². The van der Waals surface area contributed by atoms with Gasteiger partial charge < -0.3 is 5.32 Å². The maximum Gasteiger partial charge on any atom is 0.0816 e. The first-order valence-electron chi connectivity index (χ1n) is 6.16. The molecule has 4 rings (SSSR count). The summed E-state index contributed by atoms with van der Waals surface area (Å²) >= 11 is 1.88. The van der Waals surface area contributed by atoms with Crippen LogP contribution in [0.2, 0.25) is 0 Å². The number of hydrogen-bond donors (Lipinski definition) is 1. The Bertz CT molecular complexity index is 572. The number of fused-ring (bicyclic) bond motifs is 2. The Morgan fingerprint density at radius 2 is 2.28 bits per heavy atom. The number of hydrogen-bond acceptors (Lipinski definition) is 3. The molecule has 0 radical (unpaired) electrons. The van der Waals surface area contributed by atoms with Gasteiger partial charge in [-0.3, -0.25) is 4.98 Å². The smallest absolute Gasteiger partial charge is 0.0816 e. The molecule has 1 N–H and O–H groups in total. The van der Waals surface area contributed by atoms with Gasteiger partial charge in [-0.25, -0.2) is 0 Å². The summed E-state index contributed by atoms with van der Waals surface area (Å²) in [4.78, 5) is 5.84. The second kappa shape index (κ2) is 4.65. The Morgan fingerprint density at radius 3 is 3.11 bits per heavy atom. The van der Waals surface area contributed by atoms with Crippen LogP contribution in [0.3, 0.4) is 0 Å². The summed E-state index contributed by atoms with van der Waals surface area (Å²) in [6.45, 7) is 2.35. The second-order valence-electron chi connectivity index (χ2n) is 4.98. The first-order chi connectivity index (χ1) is 8.40. The summed E-state index contributed by atoms with van der Waals surface area (Å²) in [6.07, 6.45) is 5.60. The highest BCUT2D eigenvalue weighted by molar-refractivity contribution is 7.20. The molecule has 1 saturated heterocycles. The van der Waals surface area contributed by atoms with Crippen molar-refractivity contribution in [3.8, 4) is 0 Å². The van der Waals surface area contributed by atoms with Gasteiger partial charge in [0.05, 0.1) is 10.2 Å². The molecule has 94 valence electrons. The lowest BCUT2D eigenvalue weighted by Crippen LogP contribution is -2.08. The van der Waals surface area contributed by atoms with E-state index in [-0.39, 0.29) is 12.4 Å². The van der Waals surface area contributed by atoms with Crippen molar-refractivity contribution in [2.45, 2.75) is 6.42 Å². The van der Waals surface area contributed by atoms with Crippen LogP contribution in [0.25, 0.3) is 15.8 Å². The Morgan fingerprint density at radius 1 is 1.33 bits per heavy atom. The largest absolute Gasteiger partial charge is 0.316 e. The van der Waals surface area contributed by atoms with Crippen LogP contribution in [-0.2, 0) is 0 Å². The molecule has 1 aliphatic heterocycles. The van der Waals surface area contributed by atoms with Crippen LogP contribution in [0.1, 0.15) is 11.3 Å². The van der Waals surface area contributed by atoms with Gasteiger partial charge in [0.2, 0.25) is 0 Å². The first kappa shape index (κ1) is 12.2. The predicted molar refractivity (Wildman–Crippen MR) is 79.3 cm³/mol. The number of nitrogens with zero attached hydrogens (tertiary/aromatic N) is 1. The zero-order chi connectivity index (χ0) is 11.2. The number of allylic oxidation sites excluding steroid dienone is 1. The molecule has 1 aliphatic carbocycles. The average molecular weight is 279 g/mol. The van der Waals surface area contributed by atoms with Gasteiger partial charge in [-0.15, -0.1) is 23.7 Å². The Balaban J connectivity index is 0.000001000. The summed E-state index contributed by atoms with van der Waals surface area (Å²) in [7, 11) is 0. The monoisotopic (exact) mass is 278 g/mol. The van der Waals surface area contributed by atoms with Crippen LogP contribution in [0.15, 0.2) is 30.5 Å². The van der Waals surface area contributed by atoms with Crippen molar-refractivity contribution in [2.75, 3.05) is 13.1 Å². The summed E-state index contributed by atoms with van der Waals surface area (Å²) in [5, 5.41) is 3.47. The zero-order valence-corrected chi connectivity index (χ0v) is 11.6. The Kier molecular flexibility index (Phi) is 3.14. The van der Waals surface area contributed by atoms with Gasteiger partial charge in [-0.1, -0.05) is 6.08 Å². The number of nitrogens with one attached hydrogen (secondary N) is 1. The van der Waals surface area contributed by atoms with Crippen molar-refractivity contribution >= 4 is 39.5 Å². The molecule has 2 nitrogen and oxygen atoms in total. The Labute approximate surface area is 117 Å². The van der Waals surface area contributed by atoms with Gasteiger partial charge in [0.15, 0.2) is 0 Å².